The molecule has 1 unspecified atom stereocenters. The average Bonchev–Trinajstić information content (AvgIpc) is 3.15. The van der Waals surface area contributed by atoms with Crippen LogP contribution in [-0.4, -0.2) is 35.7 Å². The van der Waals surface area contributed by atoms with Gasteiger partial charge in [-0.2, -0.15) is 0 Å². The Labute approximate surface area is 140 Å². The molecule has 0 bridgehead atoms. The Morgan fingerprint density at radius 1 is 1.17 bits per heavy atom. The van der Waals surface area contributed by atoms with E-state index in [9.17, 15) is 10.1 Å². The Balaban J connectivity index is 1.48. The summed E-state index contributed by atoms with van der Waals surface area (Å²) >= 11 is 0. The fourth-order valence-electron chi connectivity index (χ4n) is 3.87. The topological polar surface area (TPSA) is 68.5 Å². The summed E-state index contributed by atoms with van der Waals surface area (Å²) < 4.78 is 5.83. The summed E-state index contributed by atoms with van der Waals surface area (Å²) in [6.07, 6.45) is 5.15. The lowest BCUT2D eigenvalue weighted by molar-refractivity contribution is -0.384. The number of pyridine rings is 1. The lowest BCUT2D eigenvalue weighted by Gasteiger charge is -2.35. The van der Waals surface area contributed by atoms with Gasteiger partial charge in [0.25, 0.3) is 5.69 Å². The minimum Gasteiger partial charge on any atom is -0.378 e. The van der Waals surface area contributed by atoms with E-state index in [-0.39, 0.29) is 10.6 Å². The SMILES string of the molecule is O=[N+]([O-])c1ccc2nc(N3CCC(C4CCCO4)CC3)ccc2c1. The van der Waals surface area contributed by atoms with Gasteiger partial charge in [-0.05, 0) is 49.8 Å². The Morgan fingerprint density at radius 3 is 2.71 bits per heavy atom. The summed E-state index contributed by atoms with van der Waals surface area (Å²) in [6, 6.07) is 8.73. The fraction of sp³-hybridized carbons (Fsp3) is 0.500. The standard InChI is InChI=1S/C18H21N3O3/c22-21(23)15-4-5-16-14(12-15)3-6-18(19-16)20-9-7-13(8-10-20)17-2-1-11-24-17/h3-6,12-13,17H,1-2,7-11H2. The first kappa shape index (κ1) is 15.3. The molecule has 2 aliphatic heterocycles. The monoisotopic (exact) mass is 327 g/mol. The van der Waals surface area contributed by atoms with Crippen LogP contribution >= 0.6 is 0 Å². The second kappa shape index (κ2) is 6.36. The van der Waals surface area contributed by atoms with E-state index in [4.69, 9.17) is 9.72 Å². The molecule has 4 rings (SSSR count). The number of hydrogen-bond acceptors (Lipinski definition) is 5. The van der Waals surface area contributed by atoms with Crippen LogP contribution in [0.5, 0.6) is 0 Å². The van der Waals surface area contributed by atoms with Crippen LogP contribution in [0, 0.1) is 16.0 Å². The molecule has 6 heteroatoms. The molecule has 1 atom stereocenters. The van der Waals surface area contributed by atoms with Crippen molar-refractivity contribution >= 4 is 22.4 Å². The molecule has 2 aliphatic rings. The molecule has 0 aliphatic carbocycles. The summed E-state index contributed by atoms with van der Waals surface area (Å²) in [5, 5.41) is 11.7. The number of nitro benzene ring substituents is 1. The van der Waals surface area contributed by atoms with Crippen LogP contribution in [0.4, 0.5) is 11.5 Å². The van der Waals surface area contributed by atoms with Gasteiger partial charge in [-0.1, -0.05) is 0 Å². The van der Waals surface area contributed by atoms with Gasteiger partial charge in [-0.3, -0.25) is 10.1 Å². The minimum atomic E-state index is -0.372. The van der Waals surface area contributed by atoms with Crippen molar-refractivity contribution in [3.05, 3.63) is 40.4 Å². The highest BCUT2D eigenvalue weighted by Gasteiger charge is 2.29. The van der Waals surface area contributed by atoms with E-state index < -0.39 is 0 Å². The average molecular weight is 327 g/mol. The van der Waals surface area contributed by atoms with Crippen molar-refractivity contribution in [2.45, 2.75) is 31.8 Å². The number of anilines is 1. The first-order valence-corrected chi connectivity index (χ1v) is 8.62. The molecule has 126 valence electrons. The van der Waals surface area contributed by atoms with Crippen molar-refractivity contribution in [3.63, 3.8) is 0 Å². The molecular weight excluding hydrogens is 306 g/mol. The van der Waals surface area contributed by atoms with E-state index >= 15 is 0 Å². The molecule has 0 radical (unpaired) electrons. The summed E-state index contributed by atoms with van der Waals surface area (Å²) in [5.74, 6) is 1.63. The number of nitrogens with zero attached hydrogens (tertiary/aromatic N) is 3. The third-order valence-electron chi connectivity index (χ3n) is 5.22. The zero-order chi connectivity index (χ0) is 16.5. The Morgan fingerprint density at radius 2 is 2.00 bits per heavy atom. The highest BCUT2D eigenvalue weighted by molar-refractivity contribution is 5.82. The van der Waals surface area contributed by atoms with Crippen molar-refractivity contribution in [2.24, 2.45) is 5.92 Å². The van der Waals surface area contributed by atoms with Crippen LogP contribution in [0.15, 0.2) is 30.3 Å². The number of non-ortho nitro benzene ring substituents is 1. The van der Waals surface area contributed by atoms with E-state index in [1.54, 1.807) is 12.1 Å². The molecule has 1 aromatic heterocycles. The van der Waals surface area contributed by atoms with Crippen LogP contribution in [0.25, 0.3) is 10.9 Å². The normalized spacial score (nSPS) is 22.2. The molecule has 2 saturated heterocycles. The Hall–Kier alpha value is -2.21. The van der Waals surface area contributed by atoms with Crippen molar-refractivity contribution in [1.29, 1.82) is 0 Å². The third kappa shape index (κ3) is 2.94. The van der Waals surface area contributed by atoms with Gasteiger partial charge >= 0.3 is 0 Å². The van der Waals surface area contributed by atoms with Gasteiger partial charge in [0.2, 0.25) is 0 Å². The van der Waals surface area contributed by atoms with Gasteiger partial charge in [0.1, 0.15) is 5.82 Å². The van der Waals surface area contributed by atoms with Crippen LogP contribution < -0.4 is 4.90 Å². The largest absolute Gasteiger partial charge is 0.378 e. The van der Waals surface area contributed by atoms with Gasteiger partial charge < -0.3 is 9.64 Å². The maximum atomic E-state index is 10.9. The highest BCUT2D eigenvalue weighted by Crippen LogP contribution is 2.31. The van der Waals surface area contributed by atoms with Crippen molar-refractivity contribution in [2.75, 3.05) is 24.6 Å². The second-order valence-corrected chi connectivity index (χ2v) is 6.68. The first-order valence-electron chi connectivity index (χ1n) is 8.62. The minimum absolute atomic E-state index is 0.106. The van der Waals surface area contributed by atoms with Gasteiger partial charge in [0, 0.05) is 37.2 Å². The number of piperidine rings is 1. The zero-order valence-electron chi connectivity index (χ0n) is 13.6. The number of rotatable bonds is 3. The van der Waals surface area contributed by atoms with E-state index in [0.29, 0.717) is 12.0 Å². The summed E-state index contributed by atoms with van der Waals surface area (Å²) in [7, 11) is 0. The summed E-state index contributed by atoms with van der Waals surface area (Å²) in [5.41, 5.74) is 0.911. The summed E-state index contributed by atoms with van der Waals surface area (Å²) in [6.45, 7) is 2.91. The molecule has 0 amide bonds. The Kier molecular flexibility index (Phi) is 4.06. The number of hydrogen-bond donors (Lipinski definition) is 0. The predicted molar refractivity (Wildman–Crippen MR) is 92.3 cm³/mol. The molecule has 2 fully saturated rings. The maximum absolute atomic E-state index is 10.9. The molecule has 0 saturated carbocycles. The van der Waals surface area contributed by atoms with Crippen LogP contribution in [0.1, 0.15) is 25.7 Å². The highest BCUT2D eigenvalue weighted by atomic mass is 16.6. The Bertz CT molecular complexity index is 750. The van der Waals surface area contributed by atoms with Crippen molar-refractivity contribution in [1.82, 2.24) is 4.98 Å². The van der Waals surface area contributed by atoms with E-state index in [1.807, 2.05) is 12.1 Å². The van der Waals surface area contributed by atoms with Gasteiger partial charge in [0.05, 0.1) is 16.5 Å². The predicted octanol–water partition coefficient (Wildman–Crippen LogP) is 3.54. The second-order valence-electron chi connectivity index (χ2n) is 6.68. The molecule has 6 nitrogen and oxygen atoms in total. The van der Waals surface area contributed by atoms with Crippen molar-refractivity contribution < 1.29 is 9.66 Å². The zero-order valence-corrected chi connectivity index (χ0v) is 13.6. The number of fused-ring (bicyclic) bond motifs is 1. The van der Waals surface area contributed by atoms with Gasteiger partial charge in [0.15, 0.2) is 0 Å². The molecule has 0 spiro atoms. The molecular formula is C18H21N3O3. The molecule has 24 heavy (non-hydrogen) atoms. The summed E-state index contributed by atoms with van der Waals surface area (Å²) in [4.78, 5) is 17.5. The quantitative estimate of drug-likeness (QED) is 0.637. The number of ether oxygens (including phenoxy) is 1. The first-order chi connectivity index (χ1) is 11.7. The van der Waals surface area contributed by atoms with E-state index in [1.165, 1.54) is 18.9 Å². The number of benzene rings is 1. The van der Waals surface area contributed by atoms with Crippen molar-refractivity contribution in [3.8, 4) is 0 Å². The molecule has 0 N–H and O–H groups in total. The third-order valence-corrected chi connectivity index (χ3v) is 5.22. The van der Waals surface area contributed by atoms with E-state index in [2.05, 4.69) is 4.90 Å². The van der Waals surface area contributed by atoms with Crippen LogP contribution in [0.2, 0.25) is 0 Å². The van der Waals surface area contributed by atoms with Crippen LogP contribution in [-0.2, 0) is 4.74 Å². The maximum Gasteiger partial charge on any atom is 0.270 e. The fourth-order valence-corrected chi connectivity index (χ4v) is 3.87. The lowest BCUT2D eigenvalue weighted by atomic mass is 9.90. The number of nitro groups is 1. The molecule has 2 aromatic rings. The van der Waals surface area contributed by atoms with E-state index in [0.717, 1.165) is 49.3 Å². The van der Waals surface area contributed by atoms with Crippen LogP contribution in [0.3, 0.4) is 0 Å². The lowest BCUT2D eigenvalue weighted by Crippen LogP contribution is -2.38. The van der Waals surface area contributed by atoms with Gasteiger partial charge in [-0.15, -0.1) is 0 Å². The molecule has 3 heterocycles. The molecule has 1 aromatic carbocycles. The number of aromatic nitrogens is 1. The van der Waals surface area contributed by atoms with Gasteiger partial charge in [-0.25, -0.2) is 4.98 Å². The smallest absolute Gasteiger partial charge is 0.270 e.